The van der Waals surface area contributed by atoms with E-state index in [1.165, 1.54) is 6.08 Å². The zero-order valence-electron chi connectivity index (χ0n) is 15.5. The highest BCUT2D eigenvalue weighted by Gasteiger charge is 2.07. The van der Waals surface area contributed by atoms with Crippen LogP contribution in [0.25, 0.3) is 0 Å². The Kier molecular flexibility index (Phi) is 7.15. The fourth-order valence-electron chi connectivity index (χ4n) is 2.40. The zero-order chi connectivity index (χ0) is 18.9. The van der Waals surface area contributed by atoms with Crippen molar-refractivity contribution < 1.29 is 14.3 Å². The van der Waals surface area contributed by atoms with Gasteiger partial charge in [0.2, 0.25) is 0 Å². The van der Waals surface area contributed by atoms with Crippen LogP contribution in [0.5, 0.6) is 0 Å². The summed E-state index contributed by atoms with van der Waals surface area (Å²) >= 11 is 0. The number of ketones is 1. The minimum absolute atomic E-state index is 0.0465. The Morgan fingerprint density at radius 3 is 2.50 bits per heavy atom. The van der Waals surface area contributed by atoms with E-state index >= 15 is 0 Å². The predicted molar refractivity (Wildman–Crippen MR) is 105 cm³/mol. The highest BCUT2D eigenvalue weighted by molar-refractivity contribution is 6.05. The molecule has 0 bridgehead atoms. The van der Waals surface area contributed by atoms with Gasteiger partial charge in [0, 0.05) is 23.5 Å². The molecule has 0 heterocycles. The smallest absolute Gasteiger partial charge is 0.338 e. The molecule has 0 aromatic heterocycles. The maximum Gasteiger partial charge on any atom is 0.338 e. The lowest BCUT2D eigenvalue weighted by Gasteiger charge is -2.06. The van der Waals surface area contributed by atoms with E-state index in [0.717, 1.165) is 29.7 Å². The summed E-state index contributed by atoms with van der Waals surface area (Å²) in [4.78, 5) is 24.1. The van der Waals surface area contributed by atoms with Crippen molar-refractivity contribution in [3.05, 3.63) is 77.0 Å². The molecular formula is C22H25NO3. The first kappa shape index (κ1) is 19.4. The minimum atomic E-state index is -0.314. The van der Waals surface area contributed by atoms with Crippen LogP contribution in [-0.4, -0.2) is 18.4 Å². The molecule has 0 atom stereocenters. The predicted octanol–water partition coefficient (Wildman–Crippen LogP) is 5.07. The van der Waals surface area contributed by atoms with Crippen molar-refractivity contribution in [2.45, 2.75) is 33.6 Å². The first-order valence-electron chi connectivity index (χ1n) is 8.83. The van der Waals surface area contributed by atoms with Crippen molar-refractivity contribution in [2.75, 3.05) is 11.9 Å². The number of hydrogen-bond donors (Lipinski definition) is 1. The van der Waals surface area contributed by atoms with E-state index in [9.17, 15) is 9.59 Å². The first-order valence-corrected chi connectivity index (χ1v) is 8.83. The van der Waals surface area contributed by atoms with E-state index in [4.69, 9.17) is 4.74 Å². The molecule has 0 aliphatic heterocycles. The molecule has 0 radical (unpaired) electrons. The number of aryl methyl sites for hydroxylation is 2. The molecule has 0 unspecified atom stereocenters. The molecule has 0 saturated carbocycles. The summed E-state index contributed by atoms with van der Waals surface area (Å²) in [5, 5.41) is 3.04. The molecule has 0 saturated heterocycles. The number of rotatable bonds is 8. The van der Waals surface area contributed by atoms with Gasteiger partial charge in [0.25, 0.3) is 0 Å². The van der Waals surface area contributed by atoms with Crippen molar-refractivity contribution >= 4 is 17.4 Å². The molecule has 26 heavy (non-hydrogen) atoms. The molecule has 0 amide bonds. The second kappa shape index (κ2) is 9.56. The number of esters is 1. The van der Waals surface area contributed by atoms with E-state index in [1.54, 1.807) is 30.5 Å². The van der Waals surface area contributed by atoms with Crippen molar-refractivity contribution in [1.29, 1.82) is 0 Å². The minimum Gasteiger partial charge on any atom is -0.462 e. The molecule has 4 heteroatoms. The third-order valence-electron chi connectivity index (χ3n) is 3.99. The number of anilines is 1. The number of carbonyl (C=O) groups excluding carboxylic acids is 2. The average Bonchev–Trinajstić information content (AvgIpc) is 2.64. The number of nitrogens with one attached hydrogen (secondary N) is 1. The number of allylic oxidation sites excluding steroid dienone is 1. The molecule has 2 rings (SSSR count). The SMILES string of the molecule is CCCCOC(=O)c1ccc(N/C=C/C(=O)c2cc(C)ccc2C)cc1. The third kappa shape index (κ3) is 5.59. The van der Waals surface area contributed by atoms with Crippen LogP contribution in [0.1, 0.15) is 51.6 Å². The molecule has 136 valence electrons. The Morgan fingerprint density at radius 1 is 1.08 bits per heavy atom. The summed E-state index contributed by atoms with van der Waals surface area (Å²) < 4.78 is 5.17. The first-order chi connectivity index (χ1) is 12.5. The van der Waals surface area contributed by atoms with E-state index in [0.29, 0.717) is 17.7 Å². The van der Waals surface area contributed by atoms with Gasteiger partial charge in [-0.25, -0.2) is 4.79 Å². The van der Waals surface area contributed by atoms with Gasteiger partial charge in [-0.2, -0.15) is 0 Å². The number of unbranched alkanes of at least 4 members (excludes halogenated alkanes) is 1. The van der Waals surface area contributed by atoms with Gasteiger partial charge in [0.15, 0.2) is 5.78 Å². The standard InChI is InChI=1S/C22H25NO3/c1-4-5-14-26-22(25)18-8-10-19(11-9-18)23-13-12-21(24)20-15-16(2)6-7-17(20)3/h6-13,15,23H,4-5,14H2,1-3H3/b13-12+. The second-order valence-corrected chi connectivity index (χ2v) is 6.23. The summed E-state index contributed by atoms with van der Waals surface area (Å²) in [6.07, 6.45) is 4.97. The van der Waals surface area contributed by atoms with E-state index in [-0.39, 0.29) is 11.8 Å². The molecule has 2 aromatic carbocycles. The van der Waals surface area contributed by atoms with Crippen molar-refractivity contribution in [3.63, 3.8) is 0 Å². The highest BCUT2D eigenvalue weighted by Crippen LogP contribution is 2.13. The Balaban J connectivity index is 1.93. The highest BCUT2D eigenvalue weighted by atomic mass is 16.5. The van der Waals surface area contributed by atoms with Gasteiger partial charge >= 0.3 is 5.97 Å². The van der Waals surface area contributed by atoms with Gasteiger partial charge in [-0.15, -0.1) is 0 Å². The lowest BCUT2D eigenvalue weighted by Crippen LogP contribution is -2.06. The fraction of sp³-hybridized carbons (Fsp3) is 0.273. The fourth-order valence-corrected chi connectivity index (χ4v) is 2.40. The van der Waals surface area contributed by atoms with Gasteiger partial charge in [0.1, 0.15) is 0 Å². The van der Waals surface area contributed by atoms with E-state index in [1.807, 2.05) is 39.0 Å². The Hall–Kier alpha value is -2.88. The maximum absolute atomic E-state index is 12.3. The van der Waals surface area contributed by atoms with Crippen molar-refractivity contribution in [3.8, 4) is 0 Å². The Labute approximate surface area is 154 Å². The summed E-state index contributed by atoms with van der Waals surface area (Å²) in [7, 11) is 0. The average molecular weight is 351 g/mol. The topological polar surface area (TPSA) is 55.4 Å². The third-order valence-corrected chi connectivity index (χ3v) is 3.99. The van der Waals surface area contributed by atoms with Gasteiger partial charge < -0.3 is 10.1 Å². The van der Waals surface area contributed by atoms with Crippen LogP contribution in [0.4, 0.5) is 5.69 Å². The zero-order valence-corrected chi connectivity index (χ0v) is 15.5. The van der Waals surface area contributed by atoms with Crippen molar-refractivity contribution in [2.24, 2.45) is 0 Å². The van der Waals surface area contributed by atoms with Gasteiger partial charge in [-0.1, -0.05) is 31.0 Å². The molecular weight excluding hydrogens is 326 g/mol. The molecule has 2 aromatic rings. The van der Waals surface area contributed by atoms with Crippen LogP contribution in [0.2, 0.25) is 0 Å². The summed E-state index contributed by atoms with van der Waals surface area (Å²) in [6.45, 7) is 6.38. The molecule has 0 spiro atoms. The van der Waals surface area contributed by atoms with Gasteiger partial charge in [-0.05, 0) is 56.2 Å². The lowest BCUT2D eigenvalue weighted by molar-refractivity contribution is 0.0499. The number of benzene rings is 2. The maximum atomic E-state index is 12.3. The Bertz CT molecular complexity index is 792. The van der Waals surface area contributed by atoms with E-state index < -0.39 is 0 Å². The summed E-state index contributed by atoms with van der Waals surface area (Å²) in [5.41, 5.74) is 4.02. The second-order valence-electron chi connectivity index (χ2n) is 6.23. The molecule has 0 aliphatic carbocycles. The molecule has 0 aliphatic rings. The van der Waals surface area contributed by atoms with Crippen LogP contribution in [0.3, 0.4) is 0 Å². The Morgan fingerprint density at radius 2 is 1.81 bits per heavy atom. The molecule has 0 fully saturated rings. The number of carbonyl (C=O) groups is 2. The van der Waals surface area contributed by atoms with Crippen LogP contribution >= 0.6 is 0 Å². The normalized spacial score (nSPS) is 10.7. The van der Waals surface area contributed by atoms with Gasteiger partial charge in [-0.3, -0.25) is 4.79 Å². The van der Waals surface area contributed by atoms with Crippen LogP contribution in [-0.2, 0) is 4.74 Å². The van der Waals surface area contributed by atoms with Crippen LogP contribution in [0.15, 0.2) is 54.7 Å². The van der Waals surface area contributed by atoms with Crippen LogP contribution in [0, 0.1) is 13.8 Å². The summed E-state index contributed by atoms with van der Waals surface area (Å²) in [6, 6.07) is 12.8. The quantitative estimate of drug-likeness (QED) is 0.312. The monoisotopic (exact) mass is 351 g/mol. The van der Waals surface area contributed by atoms with Gasteiger partial charge in [0.05, 0.1) is 12.2 Å². The van der Waals surface area contributed by atoms with Crippen LogP contribution < -0.4 is 5.32 Å². The molecule has 1 N–H and O–H groups in total. The lowest BCUT2D eigenvalue weighted by atomic mass is 10.0. The number of hydrogen-bond acceptors (Lipinski definition) is 4. The van der Waals surface area contributed by atoms with Crippen molar-refractivity contribution in [1.82, 2.24) is 0 Å². The molecule has 4 nitrogen and oxygen atoms in total. The number of ether oxygens (including phenoxy) is 1. The van der Waals surface area contributed by atoms with E-state index in [2.05, 4.69) is 5.32 Å². The summed E-state index contributed by atoms with van der Waals surface area (Å²) in [5.74, 6) is -0.361. The largest absolute Gasteiger partial charge is 0.462 e.